The van der Waals surface area contributed by atoms with Crippen LogP contribution in [0.1, 0.15) is 25.3 Å². The van der Waals surface area contributed by atoms with E-state index in [0.717, 1.165) is 23.8 Å². The first kappa shape index (κ1) is 17.5. The fourth-order valence-corrected chi connectivity index (χ4v) is 2.28. The summed E-state index contributed by atoms with van der Waals surface area (Å²) in [6.07, 6.45) is 1.42. The molecule has 2 rings (SSSR count). The average molecular weight is 332 g/mol. The topological polar surface area (TPSA) is 109 Å². The number of ether oxygens (including phenoxy) is 1. The maximum absolute atomic E-state index is 11.6. The highest BCUT2D eigenvalue weighted by molar-refractivity contribution is 5.82. The fourth-order valence-electron chi connectivity index (χ4n) is 2.28. The normalized spacial score (nSPS) is 10.5. The third kappa shape index (κ3) is 4.84. The number of carbonyl (C=O) groups is 2. The van der Waals surface area contributed by atoms with Crippen molar-refractivity contribution in [1.82, 2.24) is 5.32 Å². The summed E-state index contributed by atoms with van der Waals surface area (Å²) < 4.78 is 10.5. The summed E-state index contributed by atoms with van der Waals surface area (Å²) in [7, 11) is 0. The smallest absolute Gasteiger partial charge is 0.336 e. The Morgan fingerprint density at radius 2 is 2.08 bits per heavy atom. The van der Waals surface area contributed by atoms with Crippen molar-refractivity contribution in [2.75, 3.05) is 13.2 Å². The van der Waals surface area contributed by atoms with Gasteiger partial charge in [0.05, 0.1) is 0 Å². The number of nitrogens with one attached hydrogen (secondary N) is 1. The quantitative estimate of drug-likeness (QED) is 0.700. The molecule has 0 aliphatic rings. The number of rotatable bonds is 8. The summed E-state index contributed by atoms with van der Waals surface area (Å²) in [5.74, 6) is -1.30. The number of aryl methyl sites for hydroxylation is 1. The summed E-state index contributed by atoms with van der Waals surface area (Å²) in [5.41, 5.74) is 0.888. The average Bonchev–Trinajstić information content (AvgIpc) is 2.52. The van der Waals surface area contributed by atoms with Crippen molar-refractivity contribution in [3.8, 4) is 5.75 Å². The van der Waals surface area contributed by atoms with E-state index in [9.17, 15) is 19.5 Å². The fraction of sp³-hybridized carbons (Fsp3) is 0.353. The van der Waals surface area contributed by atoms with Gasteiger partial charge in [0, 0.05) is 36.5 Å². The minimum atomic E-state index is -1.23. The molecule has 1 amide bonds. The summed E-state index contributed by atoms with van der Waals surface area (Å²) in [6, 6.07) is 6.52. The zero-order valence-electron chi connectivity index (χ0n) is 13.3. The van der Waals surface area contributed by atoms with Gasteiger partial charge in [-0.05, 0) is 24.1 Å². The largest absolute Gasteiger partial charge is 0.550 e. The number of amides is 1. The maximum atomic E-state index is 11.6. The minimum Gasteiger partial charge on any atom is -0.550 e. The third-order valence-corrected chi connectivity index (χ3v) is 3.34. The number of benzene rings is 1. The van der Waals surface area contributed by atoms with E-state index in [4.69, 9.17) is 9.15 Å². The van der Waals surface area contributed by atoms with Crippen LogP contribution in [0.2, 0.25) is 0 Å². The summed E-state index contributed by atoms with van der Waals surface area (Å²) in [6.45, 7) is 1.74. The molecule has 0 saturated heterocycles. The summed E-state index contributed by atoms with van der Waals surface area (Å²) >= 11 is 0. The molecule has 0 bridgehead atoms. The first-order valence-corrected chi connectivity index (χ1v) is 7.65. The van der Waals surface area contributed by atoms with Gasteiger partial charge in [0.1, 0.15) is 11.3 Å². The molecule has 24 heavy (non-hydrogen) atoms. The Bertz CT molecular complexity index is 795. The van der Waals surface area contributed by atoms with Gasteiger partial charge < -0.3 is 24.4 Å². The van der Waals surface area contributed by atoms with Gasteiger partial charge in [0.15, 0.2) is 6.61 Å². The molecule has 0 radical (unpaired) electrons. The predicted molar refractivity (Wildman–Crippen MR) is 84.6 cm³/mol. The summed E-state index contributed by atoms with van der Waals surface area (Å²) in [4.78, 5) is 33.4. The highest BCUT2D eigenvalue weighted by Gasteiger charge is 2.08. The molecule has 0 fully saturated rings. The van der Waals surface area contributed by atoms with Crippen molar-refractivity contribution in [3.63, 3.8) is 0 Å². The zero-order valence-corrected chi connectivity index (χ0v) is 13.3. The van der Waals surface area contributed by atoms with Crippen molar-refractivity contribution in [1.29, 1.82) is 0 Å². The molecule has 1 aromatic heterocycles. The number of fused-ring (bicyclic) bond motifs is 1. The molecular weight excluding hydrogens is 314 g/mol. The molecule has 0 spiro atoms. The van der Waals surface area contributed by atoms with Crippen LogP contribution in [0.15, 0.2) is 33.5 Å². The molecule has 0 aliphatic heterocycles. The second-order valence-corrected chi connectivity index (χ2v) is 5.26. The molecule has 7 nitrogen and oxygen atoms in total. The van der Waals surface area contributed by atoms with E-state index >= 15 is 0 Å². The molecule has 1 aromatic carbocycles. The van der Waals surface area contributed by atoms with Gasteiger partial charge in [0.2, 0.25) is 0 Å². The lowest BCUT2D eigenvalue weighted by atomic mass is 10.1. The Morgan fingerprint density at radius 3 is 2.79 bits per heavy atom. The number of carboxylic acids is 1. The van der Waals surface area contributed by atoms with E-state index in [2.05, 4.69) is 5.32 Å². The highest BCUT2D eigenvalue weighted by atomic mass is 16.5. The molecule has 0 aliphatic carbocycles. The Labute approximate surface area is 138 Å². The SMILES string of the molecule is CCCc1cc(=O)oc2cc(OCC(=O)NCCC(=O)[O-])ccc12. The lowest BCUT2D eigenvalue weighted by Gasteiger charge is -2.09. The van der Waals surface area contributed by atoms with Crippen LogP contribution < -0.4 is 20.8 Å². The molecule has 0 saturated carbocycles. The lowest BCUT2D eigenvalue weighted by molar-refractivity contribution is -0.305. The van der Waals surface area contributed by atoms with Crippen molar-refractivity contribution in [3.05, 3.63) is 40.2 Å². The third-order valence-electron chi connectivity index (χ3n) is 3.34. The van der Waals surface area contributed by atoms with Crippen LogP contribution in [-0.2, 0) is 16.0 Å². The second kappa shape index (κ2) is 8.14. The van der Waals surface area contributed by atoms with E-state index in [0.29, 0.717) is 11.3 Å². The van der Waals surface area contributed by atoms with Crippen LogP contribution in [-0.4, -0.2) is 25.0 Å². The first-order chi connectivity index (χ1) is 11.5. The second-order valence-electron chi connectivity index (χ2n) is 5.26. The van der Waals surface area contributed by atoms with Gasteiger partial charge in [-0.25, -0.2) is 4.79 Å². The Balaban J connectivity index is 2.04. The molecule has 0 unspecified atom stereocenters. The molecule has 1 heterocycles. The van der Waals surface area contributed by atoms with E-state index in [-0.39, 0.29) is 19.6 Å². The highest BCUT2D eigenvalue weighted by Crippen LogP contribution is 2.23. The Hall–Kier alpha value is -2.83. The van der Waals surface area contributed by atoms with Gasteiger partial charge >= 0.3 is 5.63 Å². The number of carboxylic acid groups (broad SMARTS) is 1. The number of carbonyl (C=O) groups excluding carboxylic acids is 2. The van der Waals surface area contributed by atoms with E-state index in [1.807, 2.05) is 6.92 Å². The van der Waals surface area contributed by atoms with Crippen molar-refractivity contribution in [2.24, 2.45) is 0 Å². The van der Waals surface area contributed by atoms with Crippen LogP contribution in [0.25, 0.3) is 11.0 Å². The molecule has 1 N–H and O–H groups in total. The monoisotopic (exact) mass is 332 g/mol. The molecule has 2 aromatic rings. The van der Waals surface area contributed by atoms with Gasteiger partial charge in [-0.3, -0.25) is 4.79 Å². The molecule has 128 valence electrons. The minimum absolute atomic E-state index is 0.0164. The Kier molecular flexibility index (Phi) is 5.95. The lowest BCUT2D eigenvalue weighted by Crippen LogP contribution is -2.33. The first-order valence-electron chi connectivity index (χ1n) is 7.65. The zero-order chi connectivity index (χ0) is 17.5. The predicted octanol–water partition coefficient (Wildman–Crippen LogP) is 0.381. The van der Waals surface area contributed by atoms with Gasteiger partial charge in [-0.2, -0.15) is 0 Å². The van der Waals surface area contributed by atoms with Crippen LogP contribution in [0.5, 0.6) is 5.75 Å². The van der Waals surface area contributed by atoms with Crippen LogP contribution in [0, 0.1) is 0 Å². The van der Waals surface area contributed by atoms with E-state index < -0.39 is 17.5 Å². The molecule has 7 heteroatoms. The summed E-state index contributed by atoms with van der Waals surface area (Å²) in [5, 5.41) is 13.5. The number of aliphatic carboxylic acids is 1. The van der Waals surface area contributed by atoms with Gasteiger partial charge in [-0.1, -0.05) is 13.3 Å². The standard InChI is InChI=1S/C17H19NO6/c1-2-3-11-8-17(22)24-14-9-12(4-5-13(11)14)23-10-15(19)18-7-6-16(20)21/h4-5,8-9H,2-3,6-7,10H2,1H3,(H,18,19)(H,20,21)/p-1. The van der Waals surface area contributed by atoms with Gasteiger partial charge in [-0.15, -0.1) is 0 Å². The van der Waals surface area contributed by atoms with Crippen LogP contribution in [0.3, 0.4) is 0 Å². The van der Waals surface area contributed by atoms with E-state index in [1.165, 1.54) is 6.07 Å². The van der Waals surface area contributed by atoms with Crippen molar-refractivity contribution >= 4 is 22.8 Å². The van der Waals surface area contributed by atoms with E-state index in [1.54, 1.807) is 18.2 Å². The van der Waals surface area contributed by atoms with Gasteiger partial charge in [0.25, 0.3) is 5.91 Å². The van der Waals surface area contributed by atoms with Crippen molar-refractivity contribution in [2.45, 2.75) is 26.2 Å². The number of hydrogen-bond donors (Lipinski definition) is 1. The maximum Gasteiger partial charge on any atom is 0.336 e. The number of hydrogen-bond acceptors (Lipinski definition) is 6. The molecular formula is C17H18NO6-. The Morgan fingerprint density at radius 1 is 1.29 bits per heavy atom. The van der Waals surface area contributed by atoms with Crippen molar-refractivity contribution < 1.29 is 23.8 Å². The molecule has 0 atom stereocenters. The van der Waals surface area contributed by atoms with Crippen LogP contribution >= 0.6 is 0 Å². The van der Waals surface area contributed by atoms with Crippen LogP contribution in [0.4, 0.5) is 0 Å².